The number of nitrogens with zero attached hydrogens (tertiary/aromatic N) is 2. The Labute approximate surface area is 170 Å². The third-order valence-corrected chi connectivity index (χ3v) is 5.54. The lowest BCUT2D eigenvalue weighted by atomic mass is 10.0. The summed E-state index contributed by atoms with van der Waals surface area (Å²) in [5.41, 5.74) is 1.60. The van der Waals surface area contributed by atoms with Crippen molar-refractivity contribution < 1.29 is 13.9 Å². The van der Waals surface area contributed by atoms with Gasteiger partial charge in [0.2, 0.25) is 0 Å². The van der Waals surface area contributed by atoms with E-state index in [0.717, 1.165) is 5.56 Å². The highest BCUT2D eigenvalue weighted by molar-refractivity contribution is 7.07. The molecule has 1 unspecified atom stereocenters. The average Bonchev–Trinajstić information content (AvgIpc) is 3.34. The molecule has 3 aromatic rings. The van der Waals surface area contributed by atoms with Gasteiger partial charge in [-0.2, -0.15) is 0 Å². The molecule has 0 spiro atoms. The van der Waals surface area contributed by atoms with Crippen molar-refractivity contribution in [2.75, 3.05) is 7.11 Å². The SMILES string of the molecule is COC(=O)C1=C(C)N=c2sc(=Cc3ccco3)c(=O)n2C1C=Cc1ccccc1. The van der Waals surface area contributed by atoms with Crippen LogP contribution in [0.25, 0.3) is 12.2 Å². The molecule has 0 bridgehead atoms. The zero-order chi connectivity index (χ0) is 20.4. The van der Waals surface area contributed by atoms with Gasteiger partial charge in [-0.1, -0.05) is 53.8 Å². The normalized spacial score (nSPS) is 16.8. The number of hydrogen-bond donors (Lipinski definition) is 0. The van der Waals surface area contributed by atoms with Crippen LogP contribution in [-0.2, 0) is 9.53 Å². The molecular formula is C22H18N2O4S. The zero-order valence-corrected chi connectivity index (χ0v) is 16.7. The first kappa shape index (κ1) is 18.9. The Kier molecular flexibility index (Phi) is 5.14. The van der Waals surface area contributed by atoms with Gasteiger partial charge < -0.3 is 9.15 Å². The van der Waals surface area contributed by atoms with Crippen LogP contribution in [-0.4, -0.2) is 17.6 Å². The molecule has 1 atom stereocenters. The third-order valence-electron chi connectivity index (χ3n) is 4.56. The van der Waals surface area contributed by atoms with E-state index in [1.807, 2.05) is 42.5 Å². The van der Waals surface area contributed by atoms with Crippen LogP contribution in [0.3, 0.4) is 0 Å². The van der Waals surface area contributed by atoms with E-state index < -0.39 is 12.0 Å². The molecule has 4 rings (SSSR count). The van der Waals surface area contributed by atoms with Gasteiger partial charge >= 0.3 is 5.97 Å². The second kappa shape index (κ2) is 7.89. The predicted molar refractivity (Wildman–Crippen MR) is 111 cm³/mol. The molecule has 0 saturated carbocycles. The number of benzene rings is 1. The van der Waals surface area contributed by atoms with Crippen LogP contribution in [0.15, 0.2) is 80.3 Å². The molecule has 0 saturated heterocycles. The predicted octanol–water partition coefficient (Wildman–Crippen LogP) is 2.67. The number of esters is 1. The molecule has 0 amide bonds. The van der Waals surface area contributed by atoms with E-state index in [1.165, 1.54) is 23.0 Å². The van der Waals surface area contributed by atoms with Crippen molar-refractivity contribution in [3.8, 4) is 0 Å². The van der Waals surface area contributed by atoms with Crippen molar-refractivity contribution in [3.05, 3.63) is 97.1 Å². The van der Waals surface area contributed by atoms with Crippen molar-refractivity contribution in [2.24, 2.45) is 4.99 Å². The van der Waals surface area contributed by atoms with E-state index in [-0.39, 0.29) is 5.56 Å². The van der Waals surface area contributed by atoms with Gasteiger partial charge in [0.05, 0.1) is 35.2 Å². The average molecular weight is 406 g/mol. The topological polar surface area (TPSA) is 73.8 Å². The van der Waals surface area contributed by atoms with E-state index in [2.05, 4.69) is 4.99 Å². The van der Waals surface area contributed by atoms with Gasteiger partial charge in [0, 0.05) is 6.08 Å². The van der Waals surface area contributed by atoms with Crippen LogP contribution in [0.1, 0.15) is 24.3 Å². The maximum absolute atomic E-state index is 13.2. The number of rotatable bonds is 4. The Bertz CT molecular complexity index is 1280. The molecule has 1 aliphatic rings. The summed E-state index contributed by atoms with van der Waals surface area (Å²) in [5, 5.41) is 0. The number of thiazole rings is 1. The van der Waals surface area contributed by atoms with Gasteiger partial charge in [-0.3, -0.25) is 9.36 Å². The van der Waals surface area contributed by atoms with Crippen molar-refractivity contribution in [1.29, 1.82) is 0 Å². The van der Waals surface area contributed by atoms with Crippen LogP contribution < -0.4 is 14.9 Å². The van der Waals surface area contributed by atoms with Gasteiger partial charge in [0.25, 0.3) is 5.56 Å². The van der Waals surface area contributed by atoms with E-state index >= 15 is 0 Å². The lowest BCUT2D eigenvalue weighted by Crippen LogP contribution is -2.38. The number of carbonyl (C=O) groups is 1. The summed E-state index contributed by atoms with van der Waals surface area (Å²) in [6.07, 6.45) is 6.94. The van der Waals surface area contributed by atoms with Crippen LogP contribution in [0.4, 0.5) is 0 Å². The van der Waals surface area contributed by atoms with E-state index in [9.17, 15) is 9.59 Å². The maximum Gasteiger partial charge on any atom is 0.338 e. The number of hydrogen-bond acceptors (Lipinski definition) is 6. The van der Waals surface area contributed by atoms with Gasteiger partial charge in [-0.15, -0.1) is 0 Å². The number of furan rings is 1. The summed E-state index contributed by atoms with van der Waals surface area (Å²) in [7, 11) is 1.32. The molecule has 0 aliphatic carbocycles. The number of ether oxygens (including phenoxy) is 1. The minimum Gasteiger partial charge on any atom is -0.466 e. The van der Waals surface area contributed by atoms with E-state index in [1.54, 1.807) is 31.4 Å². The quantitative estimate of drug-likeness (QED) is 0.625. The van der Waals surface area contributed by atoms with Crippen LogP contribution in [0.2, 0.25) is 0 Å². The highest BCUT2D eigenvalue weighted by Crippen LogP contribution is 2.26. The van der Waals surface area contributed by atoms with Crippen LogP contribution in [0.5, 0.6) is 0 Å². The largest absolute Gasteiger partial charge is 0.466 e. The molecule has 3 heterocycles. The highest BCUT2D eigenvalue weighted by Gasteiger charge is 2.30. The van der Waals surface area contributed by atoms with E-state index in [4.69, 9.17) is 9.15 Å². The van der Waals surface area contributed by atoms with Gasteiger partial charge in [-0.25, -0.2) is 9.79 Å². The lowest BCUT2D eigenvalue weighted by molar-refractivity contribution is -0.136. The standard InChI is InChI=1S/C22H18N2O4S/c1-14-19(21(26)27-2)17(11-10-15-7-4-3-5-8-15)24-20(25)18(29-22(24)23-14)13-16-9-6-12-28-16/h3-13,17H,1-2H3. The summed E-state index contributed by atoms with van der Waals surface area (Å²) >= 11 is 1.26. The summed E-state index contributed by atoms with van der Waals surface area (Å²) in [5.74, 6) is 0.0739. The summed E-state index contributed by atoms with van der Waals surface area (Å²) < 4.78 is 12.3. The molecule has 1 aliphatic heterocycles. The van der Waals surface area contributed by atoms with Gasteiger partial charge in [0.15, 0.2) is 4.80 Å². The molecule has 1 aromatic carbocycles. The van der Waals surface area contributed by atoms with E-state index in [0.29, 0.717) is 26.4 Å². The Hall–Kier alpha value is -3.45. The fourth-order valence-corrected chi connectivity index (χ4v) is 4.22. The van der Waals surface area contributed by atoms with Gasteiger partial charge in [0.1, 0.15) is 5.76 Å². The van der Waals surface area contributed by atoms with Crippen LogP contribution >= 0.6 is 11.3 Å². The highest BCUT2D eigenvalue weighted by atomic mass is 32.1. The van der Waals surface area contributed by atoms with Crippen molar-refractivity contribution in [3.63, 3.8) is 0 Å². The fourth-order valence-electron chi connectivity index (χ4n) is 3.19. The Morgan fingerprint density at radius 3 is 2.72 bits per heavy atom. The van der Waals surface area contributed by atoms with Crippen LogP contribution in [0, 0.1) is 0 Å². The molecule has 0 radical (unpaired) electrons. The summed E-state index contributed by atoms with van der Waals surface area (Å²) in [6.45, 7) is 1.75. The number of fused-ring (bicyclic) bond motifs is 1. The van der Waals surface area contributed by atoms with Gasteiger partial charge in [-0.05, 0) is 24.6 Å². The summed E-state index contributed by atoms with van der Waals surface area (Å²) in [6, 6.07) is 12.6. The van der Waals surface area contributed by atoms with Crippen molar-refractivity contribution in [2.45, 2.75) is 13.0 Å². The molecule has 2 aromatic heterocycles. The first-order valence-corrected chi connectivity index (χ1v) is 9.78. The molecule has 29 heavy (non-hydrogen) atoms. The summed E-state index contributed by atoms with van der Waals surface area (Å²) in [4.78, 5) is 30.6. The molecule has 7 heteroatoms. The first-order chi connectivity index (χ1) is 14.1. The molecule has 146 valence electrons. The Balaban J connectivity index is 1.89. The maximum atomic E-state index is 13.2. The fraction of sp³-hybridized carbons (Fsp3) is 0.136. The number of carbonyl (C=O) groups excluding carboxylic acids is 1. The minimum atomic E-state index is -0.613. The number of allylic oxidation sites excluding steroid dienone is 2. The lowest BCUT2D eigenvalue weighted by Gasteiger charge is -2.21. The first-order valence-electron chi connectivity index (χ1n) is 8.96. The number of methoxy groups -OCH3 is 1. The molecule has 6 nitrogen and oxygen atoms in total. The minimum absolute atomic E-state index is 0.234. The second-order valence-corrected chi connectivity index (χ2v) is 7.41. The Morgan fingerprint density at radius 2 is 2.03 bits per heavy atom. The van der Waals surface area contributed by atoms with Crippen molar-refractivity contribution >= 4 is 29.5 Å². The smallest absolute Gasteiger partial charge is 0.338 e. The molecule has 0 N–H and O–H groups in total. The third kappa shape index (κ3) is 3.64. The Morgan fingerprint density at radius 1 is 1.24 bits per heavy atom. The number of aromatic nitrogens is 1. The molecule has 0 fully saturated rings. The molecular weight excluding hydrogens is 388 g/mol. The monoisotopic (exact) mass is 406 g/mol. The second-order valence-electron chi connectivity index (χ2n) is 6.40. The van der Waals surface area contributed by atoms with Crippen molar-refractivity contribution in [1.82, 2.24) is 4.57 Å². The zero-order valence-electron chi connectivity index (χ0n) is 15.9.